The summed E-state index contributed by atoms with van der Waals surface area (Å²) in [6.07, 6.45) is 8.30. The average molecular weight is 176 g/mol. The first-order chi connectivity index (χ1) is 6.38. The highest BCUT2D eigenvalue weighted by molar-refractivity contribution is 5.72. The smallest absolute Gasteiger partial charge is 0.145 e. The van der Waals surface area contributed by atoms with Gasteiger partial charge in [0, 0.05) is 24.4 Å². The van der Waals surface area contributed by atoms with E-state index >= 15 is 0 Å². The minimum atomic E-state index is 0.0671. The molecule has 2 heterocycles. The third-order valence-electron chi connectivity index (χ3n) is 2.84. The van der Waals surface area contributed by atoms with Crippen molar-refractivity contribution in [1.82, 2.24) is 10.6 Å². The highest BCUT2D eigenvalue weighted by Crippen LogP contribution is 2.44. The molecule has 68 valence electrons. The van der Waals surface area contributed by atoms with Crippen LogP contribution in [0.1, 0.15) is 12.8 Å². The second-order valence-corrected chi connectivity index (χ2v) is 3.92. The van der Waals surface area contributed by atoms with E-state index in [-0.39, 0.29) is 6.17 Å². The van der Waals surface area contributed by atoms with Crippen molar-refractivity contribution in [2.45, 2.75) is 19.0 Å². The molecule has 3 rings (SSSR count). The Labute approximate surface area is 76.8 Å². The zero-order valence-electron chi connectivity index (χ0n) is 7.33. The Morgan fingerprint density at radius 1 is 1.46 bits per heavy atom. The van der Waals surface area contributed by atoms with Gasteiger partial charge >= 0.3 is 0 Å². The lowest BCUT2D eigenvalue weighted by Crippen LogP contribution is -2.34. The van der Waals surface area contributed by atoms with Crippen molar-refractivity contribution in [2.75, 3.05) is 6.54 Å². The molecule has 0 bridgehead atoms. The van der Waals surface area contributed by atoms with E-state index in [9.17, 15) is 0 Å². The van der Waals surface area contributed by atoms with Crippen molar-refractivity contribution in [3.63, 3.8) is 0 Å². The molecule has 0 saturated heterocycles. The fourth-order valence-electron chi connectivity index (χ4n) is 1.68. The number of aliphatic imine (C=N–C) groups is 2. The average Bonchev–Trinajstić information content (AvgIpc) is 2.96. The van der Waals surface area contributed by atoms with Crippen LogP contribution in [0.25, 0.3) is 0 Å². The van der Waals surface area contributed by atoms with Gasteiger partial charge in [-0.2, -0.15) is 0 Å². The molecule has 0 aromatic carbocycles. The quantitative estimate of drug-likeness (QED) is 0.555. The molecule has 1 saturated carbocycles. The molecule has 1 fully saturated rings. The number of nitrogens with one attached hydrogen (secondary N) is 2. The molecule has 2 aliphatic heterocycles. The first kappa shape index (κ1) is 7.26. The highest BCUT2D eigenvalue weighted by Gasteiger charge is 2.42. The van der Waals surface area contributed by atoms with Gasteiger partial charge in [-0.3, -0.25) is 15.3 Å². The van der Waals surface area contributed by atoms with E-state index in [1.807, 2.05) is 6.20 Å². The number of hydrogen-bond donors (Lipinski definition) is 2. The van der Waals surface area contributed by atoms with Gasteiger partial charge in [0.2, 0.25) is 0 Å². The Bertz CT molecular complexity index is 312. The molecule has 1 spiro atoms. The summed E-state index contributed by atoms with van der Waals surface area (Å²) in [7, 11) is 0. The van der Waals surface area contributed by atoms with Crippen LogP contribution in [-0.4, -0.2) is 25.3 Å². The zero-order valence-corrected chi connectivity index (χ0v) is 7.33. The third kappa shape index (κ3) is 1.18. The molecular weight excluding hydrogens is 164 g/mol. The van der Waals surface area contributed by atoms with Crippen LogP contribution in [0.5, 0.6) is 0 Å². The van der Waals surface area contributed by atoms with Crippen LogP contribution < -0.4 is 10.6 Å². The van der Waals surface area contributed by atoms with Crippen LogP contribution in [-0.2, 0) is 0 Å². The summed E-state index contributed by atoms with van der Waals surface area (Å²) in [6.45, 7) is 1.01. The van der Waals surface area contributed by atoms with Crippen LogP contribution in [0.15, 0.2) is 21.9 Å². The topological polar surface area (TPSA) is 48.8 Å². The number of fused-ring (bicyclic) bond motifs is 1. The highest BCUT2D eigenvalue weighted by atomic mass is 15.2. The zero-order chi connectivity index (χ0) is 8.73. The van der Waals surface area contributed by atoms with Gasteiger partial charge in [0.15, 0.2) is 0 Å². The van der Waals surface area contributed by atoms with Crippen LogP contribution in [0.3, 0.4) is 0 Å². The lowest BCUT2D eigenvalue weighted by molar-refractivity contribution is 0.535. The largest absolute Gasteiger partial charge is 0.351 e. The molecule has 0 aromatic rings. The van der Waals surface area contributed by atoms with Gasteiger partial charge in [-0.25, -0.2) is 0 Å². The molecule has 1 aliphatic carbocycles. The molecule has 3 aliphatic rings. The van der Waals surface area contributed by atoms with E-state index in [2.05, 4.69) is 26.8 Å². The number of rotatable bonds is 0. The Balaban J connectivity index is 1.90. The second-order valence-electron chi connectivity index (χ2n) is 3.92. The summed E-state index contributed by atoms with van der Waals surface area (Å²) in [4.78, 5) is 8.73. The maximum absolute atomic E-state index is 4.46. The normalized spacial score (nSPS) is 33.2. The van der Waals surface area contributed by atoms with Gasteiger partial charge in [-0.05, 0) is 12.8 Å². The van der Waals surface area contributed by atoms with Crippen LogP contribution >= 0.6 is 0 Å². The van der Waals surface area contributed by atoms with Crippen molar-refractivity contribution in [3.8, 4) is 0 Å². The van der Waals surface area contributed by atoms with Crippen molar-refractivity contribution in [1.29, 1.82) is 0 Å². The minimum absolute atomic E-state index is 0.0671. The van der Waals surface area contributed by atoms with Gasteiger partial charge in [-0.15, -0.1) is 0 Å². The standard InChI is InChI=1S/C9H12N4/c1-2-9(1)4-11-7-3-10-6-13-8(7)12-5-9/h3-4,6,8,12H,1-2,5H2,(H,10,13). The predicted octanol–water partition coefficient (Wildman–Crippen LogP) is 0.240. The summed E-state index contributed by atoms with van der Waals surface area (Å²) < 4.78 is 0. The van der Waals surface area contributed by atoms with Gasteiger partial charge in [0.1, 0.15) is 6.17 Å². The maximum atomic E-state index is 4.46. The molecule has 0 aromatic heterocycles. The Morgan fingerprint density at radius 3 is 3.23 bits per heavy atom. The summed E-state index contributed by atoms with van der Waals surface area (Å²) in [5.41, 5.74) is 1.35. The van der Waals surface area contributed by atoms with Crippen molar-refractivity contribution in [2.24, 2.45) is 15.4 Å². The minimum Gasteiger partial charge on any atom is -0.351 e. The lowest BCUT2D eigenvalue weighted by Gasteiger charge is -2.16. The van der Waals surface area contributed by atoms with Crippen LogP contribution in [0.2, 0.25) is 0 Å². The number of hydrogen-bond acceptors (Lipinski definition) is 4. The van der Waals surface area contributed by atoms with E-state index in [4.69, 9.17) is 0 Å². The maximum Gasteiger partial charge on any atom is 0.145 e. The molecule has 2 N–H and O–H groups in total. The molecular formula is C9H12N4. The fraction of sp³-hybridized carbons (Fsp3) is 0.556. The first-order valence-corrected chi connectivity index (χ1v) is 4.64. The summed E-state index contributed by atoms with van der Waals surface area (Å²) in [6, 6.07) is 0. The van der Waals surface area contributed by atoms with Gasteiger partial charge < -0.3 is 5.32 Å². The summed E-state index contributed by atoms with van der Waals surface area (Å²) >= 11 is 0. The number of nitrogens with zero attached hydrogens (tertiary/aromatic N) is 2. The van der Waals surface area contributed by atoms with E-state index in [1.165, 1.54) is 12.8 Å². The van der Waals surface area contributed by atoms with E-state index < -0.39 is 0 Å². The molecule has 0 amide bonds. The Kier molecular flexibility index (Phi) is 1.35. The second kappa shape index (κ2) is 2.42. The van der Waals surface area contributed by atoms with Crippen LogP contribution in [0.4, 0.5) is 0 Å². The van der Waals surface area contributed by atoms with E-state index in [0.717, 1.165) is 12.2 Å². The molecule has 0 radical (unpaired) electrons. The molecule has 13 heavy (non-hydrogen) atoms. The molecule has 1 atom stereocenters. The monoisotopic (exact) mass is 176 g/mol. The Morgan fingerprint density at radius 2 is 2.38 bits per heavy atom. The van der Waals surface area contributed by atoms with Crippen molar-refractivity contribution < 1.29 is 0 Å². The van der Waals surface area contributed by atoms with Gasteiger partial charge in [0.05, 0.1) is 12.0 Å². The SMILES string of the molecule is C1=NC2=CNC=NC2NCC12CC2. The lowest BCUT2D eigenvalue weighted by atomic mass is 10.1. The summed E-state index contributed by atoms with van der Waals surface area (Å²) in [5, 5.41) is 6.36. The van der Waals surface area contributed by atoms with E-state index in [1.54, 1.807) is 6.34 Å². The Hall–Kier alpha value is -1.16. The first-order valence-electron chi connectivity index (χ1n) is 4.64. The molecule has 1 unspecified atom stereocenters. The van der Waals surface area contributed by atoms with E-state index in [0.29, 0.717) is 5.41 Å². The van der Waals surface area contributed by atoms with Crippen molar-refractivity contribution in [3.05, 3.63) is 11.9 Å². The summed E-state index contributed by atoms with van der Waals surface area (Å²) in [5.74, 6) is 0. The third-order valence-corrected chi connectivity index (χ3v) is 2.84. The molecule has 4 heteroatoms. The molecule has 4 nitrogen and oxygen atoms in total. The predicted molar refractivity (Wildman–Crippen MR) is 51.7 cm³/mol. The van der Waals surface area contributed by atoms with Gasteiger partial charge in [-0.1, -0.05) is 0 Å². The van der Waals surface area contributed by atoms with Gasteiger partial charge in [0.25, 0.3) is 0 Å². The fourth-order valence-corrected chi connectivity index (χ4v) is 1.68. The van der Waals surface area contributed by atoms with Crippen LogP contribution in [0, 0.1) is 5.41 Å². The van der Waals surface area contributed by atoms with Crippen molar-refractivity contribution >= 4 is 12.6 Å².